The minimum atomic E-state index is 1.04. The quantitative estimate of drug-likeness (QED) is 0.573. The van der Waals surface area contributed by atoms with Gasteiger partial charge < -0.3 is 0 Å². The van der Waals surface area contributed by atoms with Crippen LogP contribution in [-0.4, -0.2) is 0 Å². The number of benzene rings is 2. The first-order valence-electron chi connectivity index (χ1n) is 7.19. The SMILES string of the molecule is C=C/C(CCC)=C(\C=C)c1c(C)ccc2ccccc12. The lowest BCUT2D eigenvalue weighted by atomic mass is 9.89. The highest BCUT2D eigenvalue weighted by Gasteiger charge is 2.10. The molecule has 2 aromatic carbocycles. The Bertz CT molecular complexity index is 671. The molecule has 20 heavy (non-hydrogen) atoms. The van der Waals surface area contributed by atoms with Crippen molar-refractivity contribution in [3.8, 4) is 0 Å². The van der Waals surface area contributed by atoms with E-state index in [9.17, 15) is 0 Å². The van der Waals surface area contributed by atoms with E-state index in [-0.39, 0.29) is 0 Å². The molecule has 0 amide bonds. The maximum atomic E-state index is 4.03. The summed E-state index contributed by atoms with van der Waals surface area (Å²) in [5.41, 5.74) is 5.08. The summed E-state index contributed by atoms with van der Waals surface area (Å²) in [6.07, 6.45) is 6.10. The van der Waals surface area contributed by atoms with Gasteiger partial charge in [0, 0.05) is 0 Å². The van der Waals surface area contributed by atoms with E-state index < -0.39 is 0 Å². The van der Waals surface area contributed by atoms with Crippen molar-refractivity contribution in [1.82, 2.24) is 0 Å². The number of allylic oxidation sites excluding steroid dienone is 4. The lowest BCUT2D eigenvalue weighted by Gasteiger charge is -2.15. The van der Waals surface area contributed by atoms with Crippen LogP contribution in [0.1, 0.15) is 30.9 Å². The van der Waals surface area contributed by atoms with Crippen LogP contribution in [0.25, 0.3) is 16.3 Å². The van der Waals surface area contributed by atoms with Gasteiger partial charge in [-0.15, -0.1) is 0 Å². The summed E-state index contributed by atoms with van der Waals surface area (Å²) in [6.45, 7) is 12.4. The van der Waals surface area contributed by atoms with E-state index in [4.69, 9.17) is 0 Å². The molecule has 102 valence electrons. The van der Waals surface area contributed by atoms with Crippen molar-refractivity contribution in [2.75, 3.05) is 0 Å². The Kier molecular flexibility index (Phi) is 4.57. The fourth-order valence-corrected chi connectivity index (χ4v) is 2.75. The van der Waals surface area contributed by atoms with Crippen LogP contribution in [0.2, 0.25) is 0 Å². The van der Waals surface area contributed by atoms with Gasteiger partial charge in [-0.25, -0.2) is 0 Å². The third-order valence-electron chi connectivity index (χ3n) is 3.72. The van der Waals surface area contributed by atoms with Crippen LogP contribution in [0.3, 0.4) is 0 Å². The van der Waals surface area contributed by atoms with Gasteiger partial charge in [0.2, 0.25) is 0 Å². The van der Waals surface area contributed by atoms with E-state index in [1.54, 1.807) is 0 Å². The molecule has 0 aliphatic heterocycles. The maximum Gasteiger partial charge on any atom is -0.00736 e. The molecule has 0 heteroatoms. The Labute approximate surface area is 122 Å². The standard InChI is InChI=1S/C20H22/c1-5-10-16(6-2)18(7-3)20-15(4)13-14-17-11-8-9-12-19(17)20/h6-9,11-14H,2-3,5,10H2,1,4H3/b18-16-. The Balaban J connectivity index is 2.81. The van der Waals surface area contributed by atoms with Gasteiger partial charge >= 0.3 is 0 Å². The van der Waals surface area contributed by atoms with Crippen molar-refractivity contribution in [1.29, 1.82) is 0 Å². The summed E-state index contributed by atoms with van der Waals surface area (Å²) in [7, 11) is 0. The summed E-state index contributed by atoms with van der Waals surface area (Å²) in [5.74, 6) is 0. The normalized spacial score (nSPS) is 12.1. The van der Waals surface area contributed by atoms with Gasteiger partial charge in [-0.3, -0.25) is 0 Å². The first-order valence-corrected chi connectivity index (χ1v) is 7.19. The Morgan fingerprint density at radius 1 is 1.05 bits per heavy atom. The molecule has 0 radical (unpaired) electrons. The largest absolute Gasteiger partial charge is 0.0988 e. The average molecular weight is 262 g/mol. The molecule has 0 saturated heterocycles. The second-order valence-corrected chi connectivity index (χ2v) is 5.08. The minimum absolute atomic E-state index is 1.04. The molecule has 0 saturated carbocycles. The fraction of sp³-hybridized carbons (Fsp3) is 0.200. The van der Waals surface area contributed by atoms with Crippen LogP contribution >= 0.6 is 0 Å². The van der Waals surface area contributed by atoms with Crippen molar-refractivity contribution in [2.24, 2.45) is 0 Å². The Morgan fingerprint density at radius 3 is 2.45 bits per heavy atom. The Hall–Kier alpha value is -2.08. The molecule has 0 heterocycles. The molecule has 0 spiro atoms. The van der Waals surface area contributed by atoms with Crippen molar-refractivity contribution in [3.63, 3.8) is 0 Å². The first-order chi connectivity index (χ1) is 9.72. The second kappa shape index (κ2) is 6.38. The van der Waals surface area contributed by atoms with Crippen molar-refractivity contribution in [2.45, 2.75) is 26.7 Å². The van der Waals surface area contributed by atoms with Crippen molar-refractivity contribution < 1.29 is 0 Å². The predicted molar refractivity (Wildman–Crippen MR) is 90.9 cm³/mol. The van der Waals surface area contributed by atoms with Crippen molar-refractivity contribution >= 4 is 16.3 Å². The molecule has 2 rings (SSSR count). The van der Waals surface area contributed by atoms with Crippen LogP contribution in [0.4, 0.5) is 0 Å². The molecule has 0 nitrogen and oxygen atoms in total. The zero-order valence-electron chi connectivity index (χ0n) is 12.4. The molecule has 0 unspecified atom stereocenters. The van der Waals surface area contributed by atoms with E-state index in [0.717, 1.165) is 12.8 Å². The van der Waals surface area contributed by atoms with Crippen LogP contribution in [0, 0.1) is 6.92 Å². The molecule has 0 bridgehead atoms. The zero-order valence-corrected chi connectivity index (χ0v) is 12.4. The number of hydrogen-bond donors (Lipinski definition) is 0. The van der Waals surface area contributed by atoms with E-state index in [0.29, 0.717) is 0 Å². The summed E-state index contributed by atoms with van der Waals surface area (Å²) in [5, 5.41) is 2.56. The summed E-state index contributed by atoms with van der Waals surface area (Å²) in [4.78, 5) is 0. The topological polar surface area (TPSA) is 0 Å². The van der Waals surface area contributed by atoms with Gasteiger partial charge in [-0.1, -0.05) is 75.1 Å². The maximum absolute atomic E-state index is 4.03. The van der Waals surface area contributed by atoms with Crippen LogP contribution in [-0.2, 0) is 0 Å². The predicted octanol–water partition coefficient (Wildman–Crippen LogP) is 6.07. The number of hydrogen-bond acceptors (Lipinski definition) is 0. The van der Waals surface area contributed by atoms with Crippen LogP contribution in [0.15, 0.2) is 67.3 Å². The highest BCUT2D eigenvalue weighted by atomic mass is 14.1. The molecule has 0 atom stereocenters. The molecule has 0 aliphatic carbocycles. The van der Waals surface area contributed by atoms with E-state index >= 15 is 0 Å². The summed E-state index contributed by atoms with van der Waals surface area (Å²) >= 11 is 0. The lowest BCUT2D eigenvalue weighted by molar-refractivity contribution is 0.929. The molecule has 2 aromatic rings. The van der Waals surface area contributed by atoms with Crippen LogP contribution < -0.4 is 0 Å². The molecule has 0 aromatic heterocycles. The molecular formula is C20H22. The van der Waals surface area contributed by atoms with Gasteiger partial charge in [-0.05, 0) is 46.4 Å². The van der Waals surface area contributed by atoms with Crippen LogP contribution in [0.5, 0.6) is 0 Å². The van der Waals surface area contributed by atoms with E-state index in [1.165, 1.54) is 33.0 Å². The van der Waals surface area contributed by atoms with Crippen molar-refractivity contribution in [3.05, 3.63) is 78.4 Å². The fourth-order valence-electron chi connectivity index (χ4n) is 2.75. The third-order valence-corrected chi connectivity index (χ3v) is 3.72. The monoisotopic (exact) mass is 262 g/mol. The molecule has 0 aliphatic rings. The number of fused-ring (bicyclic) bond motifs is 1. The first kappa shape index (κ1) is 14.3. The number of aryl methyl sites for hydroxylation is 1. The summed E-state index contributed by atoms with van der Waals surface area (Å²) in [6, 6.07) is 12.9. The second-order valence-electron chi connectivity index (χ2n) is 5.08. The minimum Gasteiger partial charge on any atom is -0.0988 e. The third kappa shape index (κ3) is 2.60. The van der Waals surface area contributed by atoms with Gasteiger partial charge in [0.1, 0.15) is 0 Å². The van der Waals surface area contributed by atoms with Gasteiger partial charge in [0.25, 0.3) is 0 Å². The zero-order chi connectivity index (χ0) is 14.5. The highest BCUT2D eigenvalue weighted by Crippen LogP contribution is 2.32. The molecule has 0 N–H and O–H groups in total. The van der Waals surface area contributed by atoms with E-state index in [2.05, 4.69) is 63.4 Å². The average Bonchev–Trinajstić information content (AvgIpc) is 2.48. The molecule has 0 fully saturated rings. The summed E-state index contributed by atoms with van der Waals surface area (Å²) < 4.78 is 0. The molecular weight excluding hydrogens is 240 g/mol. The highest BCUT2D eigenvalue weighted by molar-refractivity contribution is 5.98. The Morgan fingerprint density at radius 2 is 1.80 bits per heavy atom. The van der Waals surface area contributed by atoms with Gasteiger partial charge in [0.05, 0.1) is 0 Å². The van der Waals surface area contributed by atoms with Gasteiger partial charge in [0.15, 0.2) is 0 Å². The smallest absolute Gasteiger partial charge is 0.00736 e. The lowest BCUT2D eigenvalue weighted by Crippen LogP contribution is -1.93. The van der Waals surface area contributed by atoms with Gasteiger partial charge in [-0.2, -0.15) is 0 Å². The number of rotatable bonds is 5. The van der Waals surface area contributed by atoms with E-state index in [1.807, 2.05) is 12.2 Å².